The summed E-state index contributed by atoms with van der Waals surface area (Å²) in [6.07, 6.45) is 0.720. The van der Waals surface area contributed by atoms with Gasteiger partial charge in [0, 0.05) is 35.4 Å². The third-order valence-electron chi connectivity index (χ3n) is 5.18. The Morgan fingerprint density at radius 2 is 0.757 bits per heavy atom. The van der Waals surface area contributed by atoms with E-state index in [0.29, 0.717) is 12.8 Å². The van der Waals surface area contributed by atoms with Gasteiger partial charge in [-0.25, -0.2) is 0 Å². The average Bonchev–Trinajstić information content (AvgIpc) is 2.91. The van der Waals surface area contributed by atoms with Crippen LogP contribution in [0.3, 0.4) is 0 Å². The zero-order valence-corrected chi connectivity index (χ0v) is 22.0. The molecule has 5 heteroatoms. The van der Waals surface area contributed by atoms with E-state index in [0.717, 1.165) is 33.9 Å². The van der Waals surface area contributed by atoms with E-state index in [9.17, 15) is 9.59 Å². The first-order valence-corrected chi connectivity index (χ1v) is 11.9. The number of rotatable bonds is 8. The number of hydrogen-bond donors (Lipinski definition) is 0. The van der Waals surface area contributed by atoms with Gasteiger partial charge in [-0.2, -0.15) is 0 Å². The van der Waals surface area contributed by atoms with Crippen molar-refractivity contribution >= 4 is 34.4 Å². The number of benzene rings is 4. The van der Waals surface area contributed by atoms with Crippen molar-refractivity contribution in [3.05, 3.63) is 132 Å². The summed E-state index contributed by atoms with van der Waals surface area (Å²) >= 11 is 0. The topological polar surface area (TPSA) is 58.9 Å². The molecule has 4 aromatic carbocycles. The Morgan fingerprint density at radius 1 is 0.486 bits per heavy atom. The van der Waals surface area contributed by atoms with E-state index in [1.807, 2.05) is 135 Å². The van der Waals surface area contributed by atoms with Gasteiger partial charge in [0.05, 0.1) is 11.4 Å². The molecule has 0 heterocycles. The fourth-order valence-electron chi connectivity index (χ4n) is 3.44. The number of aliphatic imine (C=N–C) groups is 2. The molecule has 188 valence electrons. The predicted molar refractivity (Wildman–Crippen MR) is 149 cm³/mol. The standard InChI is InChI=1S/2C16H15NO.Ni/c2*1-13(17-15-10-6-3-7-11-15)12-16(18)14-8-4-2-5-9-14;/h2*2-11H,12H2,1H3;/q;;+2. The molecule has 0 bridgehead atoms. The first-order chi connectivity index (χ1) is 17.5. The summed E-state index contributed by atoms with van der Waals surface area (Å²) in [5.41, 5.74) is 4.90. The van der Waals surface area contributed by atoms with Crippen molar-refractivity contribution in [2.24, 2.45) is 9.98 Å². The van der Waals surface area contributed by atoms with Gasteiger partial charge < -0.3 is 0 Å². The van der Waals surface area contributed by atoms with Crippen LogP contribution in [0.1, 0.15) is 47.4 Å². The van der Waals surface area contributed by atoms with Gasteiger partial charge in [0.15, 0.2) is 11.6 Å². The van der Waals surface area contributed by atoms with Crippen LogP contribution in [0.5, 0.6) is 0 Å². The molecule has 4 rings (SSSR count). The smallest absolute Gasteiger partial charge is 0.294 e. The minimum atomic E-state index is 0. The fraction of sp³-hybridized carbons (Fsp3) is 0.125. The van der Waals surface area contributed by atoms with Crippen LogP contribution >= 0.6 is 0 Å². The van der Waals surface area contributed by atoms with Crippen molar-refractivity contribution in [1.82, 2.24) is 0 Å². The van der Waals surface area contributed by atoms with Crippen molar-refractivity contribution in [2.45, 2.75) is 26.7 Å². The Kier molecular flexibility index (Phi) is 12.6. The molecule has 0 saturated heterocycles. The third-order valence-corrected chi connectivity index (χ3v) is 5.18. The van der Waals surface area contributed by atoms with Gasteiger partial charge >= 0.3 is 16.5 Å². The summed E-state index contributed by atoms with van der Waals surface area (Å²) in [5, 5.41) is 0. The van der Waals surface area contributed by atoms with Gasteiger partial charge in [-0.1, -0.05) is 97.1 Å². The molecule has 0 aliphatic carbocycles. The third kappa shape index (κ3) is 10.7. The van der Waals surface area contributed by atoms with Crippen LogP contribution < -0.4 is 0 Å². The van der Waals surface area contributed by atoms with Crippen LogP contribution in [0.15, 0.2) is 131 Å². The first kappa shape index (κ1) is 29.3. The largest absolute Gasteiger partial charge is 2.00 e. The van der Waals surface area contributed by atoms with E-state index < -0.39 is 0 Å². The van der Waals surface area contributed by atoms with Crippen LogP contribution in [-0.2, 0) is 16.5 Å². The van der Waals surface area contributed by atoms with E-state index in [-0.39, 0.29) is 28.1 Å². The molecular weight excluding hydrogens is 503 g/mol. The van der Waals surface area contributed by atoms with Gasteiger partial charge in [0.1, 0.15) is 0 Å². The maximum atomic E-state index is 12.0. The molecular formula is C32H30N2NiO2+2. The summed E-state index contributed by atoms with van der Waals surface area (Å²) in [5.74, 6) is 0.209. The molecule has 0 unspecified atom stereocenters. The van der Waals surface area contributed by atoms with Crippen molar-refractivity contribution < 1.29 is 26.1 Å². The van der Waals surface area contributed by atoms with Gasteiger partial charge in [0.2, 0.25) is 0 Å². The number of ketones is 2. The molecule has 0 atom stereocenters. The molecule has 0 fully saturated rings. The Bertz CT molecular complexity index is 1200. The van der Waals surface area contributed by atoms with Crippen molar-refractivity contribution in [1.29, 1.82) is 0 Å². The molecule has 0 radical (unpaired) electrons. The Balaban J connectivity index is 0.000000253. The minimum absolute atomic E-state index is 0. The zero-order chi connectivity index (χ0) is 25.6. The summed E-state index contributed by atoms with van der Waals surface area (Å²) in [7, 11) is 0. The quantitative estimate of drug-likeness (QED) is 0.131. The zero-order valence-electron chi connectivity index (χ0n) is 21.0. The van der Waals surface area contributed by atoms with Crippen molar-refractivity contribution in [2.75, 3.05) is 0 Å². The number of carbonyl (C=O) groups is 2. The van der Waals surface area contributed by atoms with Gasteiger partial charge in [-0.3, -0.25) is 19.6 Å². The van der Waals surface area contributed by atoms with Gasteiger partial charge in [-0.05, 0) is 38.1 Å². The van der Waals surface area contributed by atoms with E-state index >= 15 is 0 Å². The molecule has 0 N–H and O–H groups in total. The second kappa shape index (κ2) is 15.9. The summed E-state index contributed by atoms with van der Waals surface area (Å²) < 4.78 is 0. The molecule has 0 aromatic heterocycles. The number of carbonyl (C=O) groups excluding carboxylic acids is 2. The Labute approximate surface area is 229 Å². The molecule has 0 aliphatic heterocycles. The molecule has 0 spiro atoms. The van der Waals surface area contributed by atoms with Crippen LogP contribution in [0.2, 0.25) is 0 Å². The van der Waals surface area contributed by atoms with E-state index in [1.165, 1.54) is 0 Å². The van der Waals surface area contributed by atoms with E-state index in [2.05, 4.69) is 9.98 Å². The molecule has 0 aliphatic rings. The van der Waals surface area contributed by atoms with Crippen LogP contribution in [0, 0.1) is 0 Å². The van der Waals surface area contributed by atoms with Crippen LogP contribution in [0.4, 0.5) is 11.4 Å². The summed E-state index contributed by atoms with van der Waals surface area (Å²) in [4.78, 5) is 32.8. The summed E-state index contributed by atoms with van der Waals surface area (Å²) in [6.45, 7) is 3.77. The molecule has 0 saturated carbocycles. The van der Waals surface area contributed by atoms with Crippen molar-refractivity contribution in [3.8, 4) is 0 Å². The molecule has 4 nitrogen and oxygen atoms in total. The van der Waals surface area contributed by atoms with Crippen LogP contribution in [-0.4, -0.2) is 23.0 Å². The average molecular weight is 533 g/mol. The fourth-order valence-corrected chi connectivity index (χ4v) is 3.44. The molecule has 4 aromatic rings. The van der Waals surface area contributed by atoms with E-state index in [4.69, 9.17) is 0 Å². The monoisotopic (exact) mass is 532 g/mol. The SMILES string of the molecule is CC(CC(=O)c1ccccc1)=Nc1ccccc1.CC(CC(=O)c1ccccc1)=Nc1ccccc1.[Ni+2]. The van der Waals surface area contributed by atoms with Gasteiger partial charge in [0.25, 0.3) is 0 Å². The molecule has 0 amide bonds. The normalized spacial score (nSPS) is 11.0. The van der Waals surface area contributed by atoms with Crippen molar-refractivity contribution in [3.63, 3.8) is 0 Å². The number of Topliss-reactive ketones (excluding diaryl/α,β-unsaturated/α-hetero) is 2. The second-order valence-electron chi connectivity index (χ2n) is 8.30. The molecule has 37 heavy (non-hydrogen) atoms. The Morgan fingerprint density at radius 3 is 1.05 bits per heavy atom. The first-order valence-electron chi connectivity index (χ1n) is 11.9. The summed E-state index contributed by atoms with van der Waals surface area (Å²) in [6, 6.07) is 38.0. The predicted octanol–water partition coefficient (Wildman–Crippen LogP) is 8.10. The second-order valence-corrected chi connectivity index (χ2v) is 8.30. The minimum Gasteiger partial charge on any atom is -0.294 e. The maximum absolute atomic E-state index is 12.0. The maximum Gasteiger partial charge on any atom is 2.00 e. The van der Waals surface area contributed by atoms with Crippen LogP contribution in [0.25, 0.3) is 0 Å². The number of hydrogen-bond acceptors (Lipinski definition) is 4. The van der Waals surface area contributed by atoms with E-state index in [1.54, 1.807) is 0 Å². The van der Waals surface area contributed by atoms with Gasteiger partial charge in [-0.15, -0.1) is 0 Å². The number of nitrogens with zero attached hydrogens (tertiary/aromatic N) is 2. The number of para-hydroxylation sites is 2. The Hall–Kier alpha value is -3.95.